The summed E-state index contributed by atoms with van der Waals surface area (Å²) >= 11 is 0. The minimum absolute atomic E-state index is 0.0316. The molecule has 8 fully saturated rings. The van der Waals surface area contributed by atoms with Crippen LogP contribution in [0.5, 0.6) is 0 Å². The lowest BCUT2D eigenvalue weighted by atomic mass is 9.31. The van der Waals surface area contributed by atoms with Gasteiger partial charge in [-0.3, -0.25) is 34.2 Å². The minimum atomic E-state index is -0.878. The topological polar surface area (TPSA) is 137 Å². The number of morpholine rings is 1. The van der Waals surface area contributed by atoms with Crippen molar-refractivity contribution in [2.24, 2.45) is 16.7 Å². The number of rotatable bonds is 12. The van der Waals surface area contributed by atoms with Crippen LogP contribution in [0.1, 0.15) is 129 Å². The molecule has 2 aromatic carbocycles. The molecule has 5 aliphatic heterocycles. The number of nitrogens with zero attached hydrogens (tertiary/aromatic N) is 7. The number of amides is 2. The van der Waals surface area contributed by atoms with E-state index < -0.39 is 17.5 Å². The van der Waals surface area contributed by atoms with E-state index in [0.29, 0.717) is 58.0 Å². The maximum atomic E-state index is 15.1. The van der Waals surface area contributed by atoms with Gasteiger partial charge in [-0.2, -0.15) is 0 Å². The lowest BCUT2D eigenvalue weighted by Crippen LogP contribution is -2.72. The molecular formula is C62H85N9O6. The molecule has 77 heavy (non-hydrogen) atoms. The molecule has 414 valence electrons. The van der Waals surface area contributed by atoms with E-state index in [9.17, 15) is 4.79 Å². The number of aryl methyl sites for hydroxylation is 1. The Labute approximate surface area is 456 Å². The molecule has 4 saturated heterocycles. The molecule has 9 aliphatic rings. The normalized spacial score (nSPS) is 29.9. The summed E-state index contributed by atoms with van der Waals surface area (Å²) in [5, 5.41) is 6.12. The van der Waals surface area contributed by atoms with Gasteiger partial charge in [-0.05, 0) is 137 Å². The van der Waals surface area contributed by atoms with E-state index in [1.54, 1.807) is 12.1 Å². The first-order valence-electron chi connectivity index (χ1n) is 29.6. The molecule has 15 heteroatoms. The van der Waals surface area contributed by atoms with E-state index in [0.717, 1.165) is 97.4 Å². The quantitative estimate of drug-likeness (QED) is 0.133. The highest BCUT2D eigenvalue weighted by Crippen LogP contribution is 2.76. The van der Waals surface area contributed by atoms with Crippen molar-refractivity contribution < 1.29 is 28.6 Å². The standard InChI is InChI=1S/C62H85N9O6/c1-8-69-52-21-20-44-30-47(52)49(56(69)48-31-45(34-63-54(48)41(4)75-7)67-26-24-66(25-27-67)43-18-19-43)33-60(5,6)39-77-59(74)50-16-12-23-71(65-50)58(73)51(32-46-35-68(44)28-29-76-46)64-57(72)55(40(2)3)70-22-13-17-53(70)62-36-61(37-62,38-62)42-14-10-9-11-15-42/h9-11,14-15,20-21,30-31,34,40-41,43,46,50-51,53,55,65H,8,12-13,16-19,22-29,32-33,35-39H2,1-7H3,(H,64,72)/t41-,46-,50-,51-,53-,55-,61?,62?/m0/s1. The molecule has 0 unspecified atom stereocenters. The fraction of sp³-hybridized carbons (Fsp3) is 0.645. The summed E-state index contributed by atoms with van der Waals surface area (Å²) in [6.45, 7) is 21.0. The molecule has 4 saturated carbocycles. The predicted octanol–water partition coefficient (Wildman–Crippen LogP) is 8.03. The van der Waals surface area contributed by atoms with Crippen LogP contribution < -0.4 is 20.5 Å². The molecule has 2 aromatic heterocycles. The number of fused-ring (bicyclic) bond motifs is 6. The second-order valence-electron chi connectivity index (χ2n) is 25.7. The van der Waals surface area contributed by atoms with Crippen molar-refractivity contribution >= 4 is 40.1 Å². The molecule has 2 N–H and O–H groups in total. The van der Waals surface area contributed by atoms with Gasteiger partial charge < -0.3 is 33.9 Å². The van der Waals surface area contributed by atoms with Crippen LogP contribution in [0.3, 0.4) is 0 Å². The number of hydrazine groups is 1. The first kappa shape index (κ1) is 52.6. The number of nitrogens with one attached hydrogen (secondary N) is 2. The first-order valence-corrected chi connectivity index (χ1v) is 29.6. The van der Waals surface area contributed by atoms with Gasteiger partial charge >= 0.3 is 5.97 Å². The summed E-state index contributed by atoms with van der Waals surface area (Å²) in [6.07, 6.45) is 11.8. The summed E-state index contributed by atoms with van der Waals surface area (Å²) < 4.78 is 21.4. The lowest BCUT2D eigenvalue weighted by molar-refractivity contribution is -0.189. The van der Waals surface area contributed by atoms with E-state index in [-0.39, 0.29) is 59.4 Å². The van der Waals surface area contributed by atoms with Crippen molar-refractivity contribution in [3.05, 3.63) is 77.6 Å². The zero-order valence-corrected chi connectivity index (χ0v) is 47.0. The molecule has 0 radical (unpaired) electrons. The molecule has 2 amide bonds. The third-order valence-electron chi connectivity index (χ3n) is 19.4. The third kappa shape index (κ3) is 9.86. The van der Waals surface area contributed by atoms with Gasteiger partial charge in [0.05, 0.1) is 54.7 Å². The molecule has 15 nitrogen and oxygen atoms in total. The van der Waals surface area contributed by atoms with E-state index in [1.165, 1.54) is 43.2 Å². The van der Waals surface area contributed by atoms with Crippen LogP contribution in [0.4, 0.5) is 11.4 Å². The van der Waals surface area contributed by atoms with Crippen molar-refractivity contribution in [1.29, 1.82) is 0 Å². The van der Waals surface area contributed by atoms with Crippen LogP contribution in [0.25, 0.3) is 22.2 Å². The number of carbonyl (C=O) groups excluding carboxylic acids is 3. The van der Waals surface area contributed by atoms with Gasteiger partial charge in [0.25, 0.3) is 5.91 Å². The average Bonchev–Trinajstić information content (AvgIpc) is 3.44. The Balaban J connectivity index is 0.869. The summed E-state index contributed by atoms with van der Waals surface area (Å²) in [4.78, 5) is 59.8. The number of ether oxygens (including phenoxy) is 3. The molecule has 8 bridgehead atoms. The van der Waals surface area contributed by atoms with Gasteiger partial charge in [0.2, 0.25) is 5.91 Å². The van der Waals surface area contributed by atoms with Crippen LogP contribution in [-0.4, -0.2) is 151 Å². The first-order chi connectivity index (χ1) is 37.2. The average molecular weight is 1050 g/mol. The Morgan fingerprint density at radius 3 is 2.39 bits per heavy atom. The predicted molar refractivity (Wildman–Crippen MR) is 301 cm³/mol. The van der Waals surface area contributed by atoms with Gasteiger partial charge in [0, 0.05) is 106 Å². The molecule has 13 rings (SSSR count). The van der Waals surface area contributed by atoms with Gasteiger partial charge in [0.15, 0.2) is 0 Å². The smallest absolute Gasteiger partial charge is 0.324 e. The van der Waals surface area contributed by atoms with Gasteiger partial charge in [-0.25, -0.2) is 5.43 Å². The molecule has 6 atom stereocenters. The maximum absolute atomic E-state index is 15.1. The largest absolute Gasteiger partial charge is 0.464 e. The number of pyridine rings is 1. The molecular weight excluding hydrogens is 967 g/mol. The Morgan fingerprint density at radius 2 is 1.66 bits per heavy atom. The van der Waals surface area contributed by atoms with Gasteiger partial charge in [-0.1, -0.05) is 58.0 Å². The highest BCUT2D eigenvalue weighted by Gasteiger charge is 2.72. The Bertz CT molecular complexity index is 2820. The number of hydrogen-bond acceptors (Lipinski definition) is 12. The number of cyclic esters (lactones) is 1. The fourth-order valence-electron chi connectivity index (χ4n) is 15.4. The number of likely N-dealkylation sites (tertiary alicyclic amines) is 1. The van der Waals surface area contributed by atoms with Crippen molar-refractivity contribution in [2.75, 3.05) is 82.5 Å². The summed E-state index contributed by atoms with van der Waals surface area (Å²) in [5.74, 6) is -0.694. The molecule has 0 spiro atoms. The Kier molecular flexibility index (Phi) is 14.3. The molecule has 7 heterocycles. The number of hydrogen-bond donors (Lipinski definition) is 2. The summed E-state index contributed by atoms with van der Waals surface area (Å²) in [5.41, 5.74) is 12.4. The van der Waals surface area contributed by atoms with Crippen LogP contribution in [0, 0.1) is 16.7 Å². The van der Waals surface area contributed by atoms with Gasteiger partial charge in [0.1, 0.15) is 12.1 Å². The van der Waals surface area contributed by atoms with E-state index >= 15 is 9.59 Å². The van der Waals surface area contributed by atoms with Crippen LogP contribution in [0.2, 0.25) is 0 Å². The number of benzene rings is 2. The Morgan fingerprint density at radius 1 is 0.896 bits per heavy atom. The van der Waals surface area contributed by atoms with Crippen molar-refractivity contribution in [1.82, 2.24) is 35.1 Å². The number of methoxy groups -OCH3 is 1. The van der Waals surface area contributed by atoms with Crippen molar-refractivity contribution in [3.8, 4) is 11.3 Å². The minimum Gasteiger partial charge on any atom is -0.464 e. The third-order valence-corrected chi connectivity index (χ3v) is 19.4. The highest BCUT2D eigenvalue weighted by molar-refractivity contribution is 5.95. The molecule has 4 aromatic rings. The van der Waals surface area contributed by atoms with E-state index in [4.69, 9.17) is 19.2 Å². The monoisotopic (exact) mass is 1050 g/mol. The maximum Gasteiger partial charge on any atom is 0.324 e. The van der Waals surface area contributed by atoms with Crippen LogP contribution >= 0.6 is 0 Å². The van der Waals surface area contributed by atoms with E-state index in [2.05, 4.69) is 131 Å². The Hall–Kier alpha value is -5.06. The second-order valence-corrected chi connectivity index (χ2v) is 25.7. The zero-order chi connectivity index (χ0) is 53.4. The van der Waals surface area contributed by atoms with Crippen LogP contribution in [-0.2, 0) is 47.0 Å². The van der Waals surface area contributed by atoms with Crippen molar-refractivity contribution in [3.63, 3.8) is 0 Å². The summed E-state index contributed by atoms with van der Waals surface area (Å²) in [7, 11) is 1.76. The number of esters is 1. The number of piperazine rings is 1. The number of anilines is 2. The lowest BCUT2D eigenvalue weighted by Gasteiger charge is -2.74. The highest BCUT2D eigenvalue weighted by atomic mass is 16.5. The van der Waals surface area contributed by atoms with Crippen LogP contribution in [0.15, 0.2) is 60.8 Å². The molecule has 4 aliphatic carbocycles. The zero-order valence-electron chi connectivity index (χ0n) is 47.0. The number of carbonyl (C=O) groups is 3. The van der Waals surface area contributed by atoms with E-state index in [1.807, 2.05) is 6.20 Å². The van der Waals surface area contributed by atoms with Crippen molar-refractivity contribution in [2.45, 2.75) is 167 Å². The van der Waals surface area contributed by atoms with Gasteiger partial charge in [-0.15, -0.1) is 0 Å². The summed E-state index contributed by atoms with van der Waals surface area (Å²) in [6, 6.07) is 19.3. The fourth-order valence-corrected chi connectivity index (χ4v) is 15.4. The number of aromatic nitrogens is 2. The second kappa shape index (κ2) is 20.9. The SMILES string of the molecule is CCn1c(-c2cc(N3CCN(C4CC4)CC3)cnc2[C@H](C)OC)c2c3cc(ccc31)N1CCO[C@@H](C[C@H](NC(=O)[C@H](C(C)C)N3CCC[C@H]3C34CC(c5ccccc5)(C3)C4)C(=O)N3CCC[C@H](N3)C(=O)OCC(C)(C)C2)C1.